The maximum Gasteiger partial charge on any atom is 0.275 e. The number of nitrogens with zero attached hydrogens (tertiary/aromatic N) is 2. The molecule has 0 fully saturated rings. The quantitative estimate of drug-likeness (QED) is 0.879. The second kappa shape index (κ2) is 5.99. The minimum absolute atomic E-state index is 0.222. The highest BCUT2D eigenvalue weighted by Crippen LogP contribution is 2.17. The number of para-hydroxylation sites is 1. The smallest absolute Gasteiger partial charge is 0.275 e. The molecule has 1 amide bonds. The van der Waals surface area contributed by atoms with Crippen molar-refractivity contribution in [3.05, 3.63) is 41.2 Å². The van der Waals surface area contributed by atoms with E-state index in [-0.39, 0.29) is 11.6 Å². The number of aryl methyl sites for hydroxylation is 1. The van der Waals surface area contributed by atoms with E-state index in [1.54, 1.807) is 14.0 Å². The van der Waals surface area contributed by atoms with Gasteiger partial charge in [0.2, 0.25) is 0 Å². The second-order valence-electron chi connectivity index (χ2n) is 4.02. The van der Waals surface area contributed by atoms with Crippen LogP contribution in [-0.2, 0) is 6.42 Å². The highest BCUT2D eigenvalue weighted by Gasteiger charge is 2.14. The minimum Gasteiger partial charge on any atom is -0.496 e. The van der Waals surface area contributed by atoms with Crippen LogP contribution >= 0.6 is 0 Å². The van der Waals surface area contributed by atoms with Crippen molar-refractivity contribution >= 4 is 5.91 Å². The number of hydrogen-bond acceptors (Lipinski definition) is 5. The first kappa shape index (κ1) is 13.1. The van der Waals surface area contributed by atoms with E-state index < -0.39 is 0 Å². The maximum atomic E-state index is 11.8. The molecule has 0 atom stereocenters. The molecule has 0 aliphatic rings. The topological polar surface area (TPSA) is 77.2 Å². The number of ether oxygens (including phenoxy) is 1. The number of nitrogens with one attached hydrogen (secondary N) is 1. The van der Waals surface area contributed by atoms with Crippen molar-refractivity contribution in [1.29, 1.82) is 0 Å². The summed E-state index contributed by atoms with van der Waals surface area (Å²) >= 11 is 0. The summed E-state index contributed by atoms with van der Waals surface area (Å²) in [5, 5.41) is 9.89. The third-order valence-electron chi connectivity index (χ3n) is 2.74. The molecule has 0 aliphatic carbocycles. The van der Waals surface area contributed by atoms with Crippen molar-refractivity contribution in [2.24, 2.45) is 0 Å². The number of carbonyl (C=O) groups is 1. The van der Waals surface area contributed by atoms with Gasteiger partial charge in [0.1, 0.15) is 11.4 Å². The number of carbonyl (C=O) groups excluding carboxylic acids is 1. The first-order valence-corrected chi connectivity index (χ1v) is 5.91. The average molecular weight is 261 g/mol. The van der Waals surface area contributed by atoms with Crippen LogP contribution in [0.5, 0.6) is 5.75 Å². The molecule has 0 saturated carbocycles. The fourth-order valence-corrected chi connectivity index (χ4v) is 1.74. The Hall–Kier alpha value is -2.37. The summed E-state index contributed by atoms with van der Waals surface area (Å²) in [6.07, 6.45) is 0.681. The van der Waals surface area contributed by atoms with Gasteiger partial charge in [0.25, 0.3) is 5.91 Å². The largest absolute Gasteiger partial charge is 0.496 e. The Balaban J connectivity index is 1.90. The Morgan fingerprint density at radius 2 is 2.16 bits per heavy atom. The van der Waals surface area contributed by atoms with Crippen molar-refractivity contribution in [1.82, 2.24) is 15.6 Å². The molecule has 100 valence electrons. The van der Waals surface area contributed by atoms with E-state index in [0.717, 1.165) is 11.3 Å². The monoisotopic (exact) mass is 261 g/mol. The molecular formula is C13H15N3O3. The van der Waals surface area contributed by atoms with E-state index in [4.69, 9.17) is 4.74 Å². The van der Waals surface area contributed by atoms with E-state index in [0.29, 0.717) is 18.7 Å². The van der Waals surface area contributed by atoms with E-state index >= 15 is 0 Å². The zero-order valence-corrected chi connectivity index (χ0v) is 10.8. The number of hydrogen-bond donors (Lipinski definition) is 1. The van der Waals surface area contributed by atoms with Crippen LogP contribution in [0.25, 0.3) is 0 Å². The Bertz CT molecular complexity index is 566. The molecular weight excluding hydrogens is 246 g/mol. The zero-order valence-electron chi connectivity index (χ0n) is 10.8. The molecule has 0 bridgehead atoms. The van der Waals surface area contributed by atoms with Gasteiger partial charge in [0.15, 0.2) is 5.69 Å². The molecule has 0 radical (unpaired) electrons. The number of aromatic nitrogens is 2. The van der Waals surface area contributed by atoms with Crippen LogP contribution in [0.15, 0.2) is 28.9 Å². The molecule has 6 nitrogen and oxygen atoms in total. The molecule has 6 heteroatoms. The second-order valence-corrected chi connectivity index (χ2v) is 4.02. The lowest BCUT2D eigenvalue weighted by molar-refractivity contribution is 0.0944. The summed E-state index contributed by atoms with van der Waals surface area (Å²) in [4.78, 5) is 11.8. The van der Waals surface area contributed by atoms with Crippen molar-refractivity contribution in [3.8, 4) is 5.75 Å². The summed E-state index contributed by atoms with van der Waals surface area (Å²) in [5.41, 5.74) is 1.75. The van der Waals surface area contributed by atoms with Crippen LogP contribution in [0, 0.1) is 6.92 Å². The fourth-order valence-electron chi connectivity index (χ4n) is 1.74. The molecule has 1 aromatic carbocycles. The Labute approximate surface area is 110 Å². The van der Waals surface area contributed by atoms with Crippen molar-refractivity contribution in [3.63, 3.8) is 0 Å². The molecule has 1 N–H and O–H groups in total. The van der Waals surface area contributed by atoms with Crippen molar-refractivity contribution in [2.45, 2.75) is 13.3 Å². The lowest BCUT2D eigenvalue weighted by atomic mass is 10.1. The van der Waals surface area contributed by atoms with Gasteiger partial charge in [-0.25, -0.2) is 4.63 Å². The van der Waals surface area contributed by atoms with Crippen LogP contribution in [0.4, 0.5) is 0 Å². The van der Waals surface area contributed by atoms with E-state index in [2.05, 4.69) is 20.3 Å². The van der Waals surface area contributed by atoms with Gasteiger partial charge in [0, 0.05) is 6.54 Å². The summed E-state index contributed by atoms with van der Waals surface area (Å²) in [5.74, 6) is 0.532. The number of rotatable bonds is 5. The Kier molecular flexibility index (Phi) is 4.12. The summed E-state index contributed by atoms with van der Waals surface area (Å²) in [7, 11) is 1.63. The van der Waals surface area contributed by atoms with Gasteiger partial charge in [-0.15, -0.1) is 0 Å². The van der Waals surface area contributed by atoms with Crippen LogP contribution in [0.3, 0.4) is 0 Å². The number of benzene rings is 1. The Morgan fingerprint density at radius 3 is 2.84 bits per heavy atom. The highest BCUT2D eigenvalue weighted by atomic mass is 16.6. The minimum atomic E-state index is -0.284. The maximum absolute atomic E-state index is 11.8. The van der Waals surface area contributed by atoms with Crippen LogP contribution in [0.2, 0.25) is 0 Å². The van der Waals surface area contributed by atoms with Crippen LogP contribution in [-0.4, -0.2) is 29.9 Å². The summed E-state index contributed by atoms with van der Waals surface area (Å²) < 4.78 is 9.73. The zero-order chi connectivity index (χ0) is 13.7. The third kappa shape index (κ3) is 3.09. The normalized spacial score (nSPS) is 10.2. The van der Waals surface area contributed by atoms with Crippen LogP contribution < -0.4 is 10.1 Å². The lowest BCUT2D eigenvalue weighted by Crippen LogP contribution is -2.26. The standard InChI is InChI=1S/C13H15N3O3/c1-9-12(16-19-15-9)13(17)14-8-7-10-5-3-4-6-11(10)18-2/h3-6H,7-8H2,1-2H3,(H,14,17). The summed E-state index contributed by atoms with van der Waals surface area (Å²) in [6, 6.07) is 7.70. The van der Waals surface area contributed by atoms with Gasteiger partial charge >= 0.3 is 0 Å². The van der Waals surface area contributed by atoms with Gasteiger partial charge in [-0.3, -0.25) is 4.79 Å². The van der Waals surface area contributed by atoms with E-state index in [1.807, 2.05) is 24.3 Å². The lowest BCUT2D eigenvalue weighted by Gasteiger charge is -2.08. The molecule has 0 spiro atoms. The highest BCUT2D eigenvalue weighted by molar-refractivity contribution is 5.92. The number of amides is 1. The van der Waals surface area contributed by atoms with Gasteiger partial charge < -0.3 is 10.1 Å². The van der Waals surface area contributed by atoms with Gasteiger partial charge in [0.05, 0.1) is 7.11 Å². The summed E-state index contributed by atoms with van der Waals surface area (Å²) in [6.45, 7) is 2.16. The van der Waals surface area contributed by atoms with Crippen molar-refractivity contribution in [2.75, 3.05) is 13.7 Å². The van der Waals surface area contributed by atoms with E-state index in [9.17, 15) is 4.79 Å². The molecule has 2 aromatic rings. The molecule has 1 aromatic heterocycles. The molecule has 0 unspecified atom stereocenters. The van der Waals surface area contributed by atoms with Gasteiger partial charge in [-0.1, -0.05) is 23.4 Å². The van der Waals surface area contributed by atoms with Gasteiger partial charge in [-0.05, 0) is 30.1 Å². The van der Waals surface area contributed by atoms with Gasteiger partial charge in [-0.2, -0.15) is 0 Å². The third-order valence-corrected chi connectivity index (χ3v) is 2.74. The molecule has 19 heavy (non-hydrogen) atoms. The van der Waals surface area contributed by atoms with Crippen molar-refractivity contribution < 1.29 is 14.2 Å². The predicted molar refractivity (Wildman–Crippen MR) is 68.1 cm³/mol. The molecule has 1 heterocycles. The first-order valence-electron chi connectivity index (χ1n) is 5.91. The molecule has 2 rings (SSSR count). The molecule has 0 aliphatic heterocycles. The Morgan fingerprint density at radius 1 is 1.37 bits per heavy atom. The van der Waals surface area contributed by atoms with E-state index in [1.165, 1.54) is 0 Å². The SMILES string of the molecule is COc1ccccc1CCNC(=O)c1nonc1C. The fraction of sp³-hybridized carbons (Fsp3) is 0.308. The predicted octanol–water partition coefficient (Wildman–Crippen LogP) is 1.36. The molecule has 0 saturated heterocycles. The van der Waals surface area contributed by atoms with Crippen LogP contribution in [0.1, 0.15) is 21.7 Å². The average Bonchev–Trinajstić information content (AvgIpc) is 2.85. The number of methoxy groups -OCH3 is 1. The first-order chi connectivity index (χ1) is 9.22.